The number of likely N-dealkylation sites (tertiary alicyclic amines) is 1. The fourth-order valence-corrected chi connectivity index (χ4v) is 3.70. The lowest BCUT2D eigenvalue weighted by Gasteiger charge is -2.42. The predicted octanol–water partition coefficient (Wildman–Crippen LogP) is 2.79. The van der Waals surface area contributed by atoms with Crippen LogP contribution in [0.25, 0.3) is 0 Å². The summed E-state index contributed by atoms with van der Waals surface area (Å²) in [5.41, 5.74) is 1.05. The van der Waals surface area contributed by atoms with Gasteiger partial charge >= 0.3 is 6.03 Å². The van der Waals surface area contributed by atoms with Crippen molar-refractivity contribution in [1.82, 2.24) is 20.1 Å². The SMILES string of the molecule is CCCNC(=O)N1CCCC(N(Cc2cccnc2)C(=O)C2CCC2)C1. The second-order valence-corrected chi connectivity index (χ2v) is 7.43. The number of carbonyl (C=O) groups is 2. The lowest BCUT2D eigenvalue weighted by molar-refractivity contribution is -0.142. The van der Waals surface area contributed by atoms with Crippen LogP contribution in [0.2, 0.25) is 0 Å². The molecule has 2 heterocycles. The van der Waals surface area contributed by atoms with E-state index in [1.165, 1.54) is 0 Å². The van der Waals surface area contributed by atoms with Crippen LogP contribution in [-0.2, 0) is 11.3 Å². The van der Waals surface area contributed by atoms with E-state index in [9.17, 15) is 9.59 Å². The fourth-order valence-electron chi connectivity index (χ4n) is 3.70. The van der Waals surface area contributed by atoms with Gasteiger partial charge in [-0.05, 0) is 43.7 Å². The van der Waals surface area contributed by atoms with Crippen LogP contribution in [-0.4, -0.2) is 52.4 Å². The molecule has 1 aliphatic carbocycles. The molecule has 1 N–H and O–H groups in total. The number of urea groups is 1. The standard InChI is InChI=1S/C20H30N4O2/c1-2-10-22-20(26)23-12-5-9-18(15-23)24(19(25)17-7-3-8-17)14-16-6-4-11-21-13-16/h4,6,11,13,17-18H,2-3,5,7-10,12,14-15H2,1H3,(H,22,26). The molecule has 3 rings (SSSR count). The number of piperidine rings is 1. The number of aromatic nitrogens is 1. The highest BCUT2D eigenvalue weighted by molar-refractivity contribution is 5.80. The van der Waals surface area contributed by atoms with Crippen LogP contribution in [0.1, 0.15) is 51.0 Å². The number of hydrogen-bond acceptors (Lipinski definition) is 3. The Kier molecular flexibility index (Phi) is 6.47. The van der Waals surface area contributed by atoms with Gasteiger partial charge in [0.15, 0.2) is 0 Å². The first-order chi connectivity index (χ1) is 12.7. The van der Waals surface area contributed by atoms with Crippen molar-refractivity contribution >= 4 is 11.9 Å². The van der Waals surface area contributed by atoms with Gasteiger partial charge < -0.3 is 15.1 Å². The smallest absolute Gasteiger partial charge is 0.317 e. The lowest BCUT2D eigenvalue weighted by atomic mass is 9.83. The quantitative estimate of drug-likeness (QED) is 0.850. The predicted molar refractivity (Wildman–Crippen MR) is 100 cm³/mol. The molecular formula is C20H30N4O2. The number of nitrogens with one attached hydrogen (secondary N) is 1. The zero-order chi connectivity index (χ0) is 18.4. The third-order valence-corrected chi connectivity index (χ3v) is 5.46. The third kappa shape index (κ3) is 4.54. The van der Waals surface area contributed by atoms with Crippen molar-refractivity contribution in [1.29, 1.82) is 0 Å². The Bertz CT molecular complexity index is 603. The van der Waals surface area contributed by atoms with Crippen LogP contribution >= 0.6 is 0 Å². The Morgan fingerprint density at radius 1 is 1.31 bits per heavy atom. The molecule has 1 aromatic heterocycles. The van der Waals surface area contributed by atoms with Crippen molar-refractivity contribution in [3.05, 3.63) is 30.1 Å². The van der Waals surface area contributed by atoms with Crippen molar-refractivity contribution in [3.63, 3.8) is 0 Å². The van der Waals surface area contributed by atoms with Gasteiger partial charge in [-0.15, -0.1) is 0 Å². The van der Waals surface area contributed by atoms with Gasteiger partial charge in [0.2, 0.25) is 5.91 Å². The second-order valence-electron chi connectivity index (χ2n) is 7.43. The van der Waals surface area contributed by atoms with Crippen LogP contribution in [0.3, 0.4) is 0 Å². The first-order valence-electron chi connectivity index (χ1n) is 9.91. The maximum atomic E-state index is 13.1. The summed E-state index contributed by atoms with van der Waals surface area (Å²) in [4.78, 5) is 33.5. The van der Waals surface area contributed by atoms with E-state index >= 15 is 0 Å². The summed E-state index contributed by atoms with van der Waals surface area (Å²) in [6.45, 7) is 4.71. The zero-order valence-corrected chi connectivity index (χ0v) is 15.7. The van der Waals surface area contributed by atoms with Crippen LogP contribution in [0, 0.1) is 5.92 Å². The van der Waals surface area contributed by atoms with Gasteiger partial charge in [0.05, 0.1) is 0 Å². The molecule has 0 bridgehead atoms. The van der Waals surface area contributed by atoms with E-state index in [0.29, 0.717) is 19.6 Å². The van der Waals surface area contributed by atoms with Gasteiger partial charge in [-0.1, -0.05) is 19.4 Å². The molecule has 1 aromatic rings. The summed E-state index contributed by atoms with van der Waals surface area (Å²) in [7, 11) is 0. The highest BCUT2D eigenvalue weighted by Crippen LogP contribution is 2.31. The van der Waals surface area contributed by atoms with Crippen LogP contribution in [0.15, 0.2) is 24.5 Å². The molecule has 2 fully saturated rings. The summed E-state index contributed by atoms with van der Waals surface area (Å²) < 4.78 is 0. The molecule has 0 spiro atoms. The number of pyridine rings is 1. The van der Waals surface area contributed by atoms with Gasteiger partial charge in [0, 0.05) is 50.5 Å². The molecule has 0 aromatic carbocycles. The molecule has 1 unspecified atom stereocenters. The molecular weight excluding hydrogens is 328 g/mol. The Morgan fingerprint density at radius 3 is 2.81 bits per heavy atom. The first kappa shape index (κ1) is 18.7. The number of rotatable bonds is 6. The number of hydrogen-bond donors (Lipinski definition) is 1. The van der Waals surface area contributed by atoms with E-state index < -0.39 is 0 Å². The molecule has 3 amide bonds. The monoisotopic (exact) mass is 358 g/mol. The van der Waals surface area contributed by atoms with E-state index in [4.69, 9.17) is 0 Å². The molecule has 1 saturated heterocycles. The third-order valence-electron chi connectivity index (χ3n) is 5.46. The fraction of sp³-hybridized carbons (Fsp3) is 0.650. The Labute approximate surface area is 156 Å². The Hall–Kier alpha value is -2.11. The van der Waals surface area contributed by atoms with Crippen molar-refractivity contribution < 1.29 is 9.59 Å². The lowest BCUT2D eigenvalue weighted by Crippen LogP contribution is -2.55. The van der Waals surface area contributed by atoms with Crippen molar-refractivity contribution in [2.75, 3.05) is 19.6 Å². The number of carbonyl (C=O) groups excluding carboxylic acids is 2. The maximum Gasteiger partial charge on any atom is 0.317 e. The van der Waals surface area contributed by atoms with Crippen molar-refractivity contribution in [3.8, 4) is 0 Å². The summed E-state index contributed by atoms with van der Waals surface area (Å²) in [5, 5.41) is 2.96. The Balaban J connectivity index is 1.70. The molecule has 0 radical (unpaired) electrons. The maximum absolute atomic E-state index is 13.1. The van der Waals surface area contributed by atoms with Crippen LogP contribution in [0.4, 0.5) is 4.79 Å². The van der Waals surface area contributed by atoms with Crippen molar-refractivity contribution in [2.45, 2.75) is 58.0 Å². The number of nitrogens with zero attached hydrogens (tertiary/aromatic N) is 3. The molecule has 26 heavy (non-hydrogen) atoms. The van der Waals surface area contributed by atoms with E-state index in [1.54, 1.807) is 6.20 Å². The summed E-state index contributed by atoms with van der Waals surface area (Å²) in [6, 6.07) is 4.01. The molecule has 1 atom stereocenters. The molecule has 1 aliphatic heterocycles. The van der Waals surface area contributed by atoms with Gasteiger partial charge in [-0.3, -0.25) is 9.78 Å². The van der Waals surface area contributed by atoms with Crippen LogP contribution in [0.5, 0.6) is 0 Å². The summed E-state index contributed by atoms with van der Waals surface area (Å²) in [5.74, 6) is 0.414. The minimum atomic E-state index is -0.00558. The van der Waals surface area contributed by atoms with Gasteiger partial charge in [-0.25, -0.2) is 4.79 Å². The highest BCUT2D eigenvalue weighted by atomic mass is 16.2. The topological polar surface area (TPSA) is 65.5 Å². The normalized spacial score (nSPS) is 20.3. The number of amides is 3. The molecule has 2 aliphatic rings. The molecule has 6 heteroatoms. The molecule has 1 saturated carbocycles. The van der Waals surface area contributed by atoms with E-state index in [0.717, 1.165) is 50.6 Å². The summed E-state index contributed by atoms with van der Waals surface area (Å²) >= 11 is 0. The largest absolute Gasteiger partial charge is 0.338 e. The van der Waals surface area contributed by atoms with Gasteiger partial charge in [0.25, 0.3) is 0 Å². The first-order valence-corrected chi connectivity index (χ1v) is 9.91. The van der Waals surface area contributed by atoms with E-state index in [2.05, 4.69) is 10.3 Å². The highest BCUT2D eigenvalue weighted by Gasteiger charge is 2.35. The van der Waals surface area contributed by atoms with Crippen molar-refractivity contribution in [2.24, 2.45) is 5.92 Å². The van der Waals surface area contributed by atoms with E-state index in [1.807, 2.05) is 35.1 Å². The average Bonchev–Trinajstić information content (AvgIpc) is 2.63. The molecule has 142 valence electrons. The van der Waals surface area contributed by atoms with Gasteiger partial charge in [0.1, 0.15) is 0 Å². The van der Waals surface area contributed by atoms with Crippen LogP contribution < -0.4 is 5.32 Å². The summed E-state index contributed by atoms with van der Waals surface area (Å²) in [6.07, 6.45) is 9.54. The van der Waals surface area contributed by atoms with Gasteiger partial charge in [-0.2, -0.15) is 0 Å². The minimum absolute atomic E-state index is 0.00558. The zero-order valence-electron chi connectivity index (χ0n) is 15.7. The van der Waals surface area contributed by atoms with E-state index in [-0.39, 0.29) is 23.9 Å². The minimum Gasteiger partial charge on any atom is -0.338 e. The Morgan fingerprint density at radius 2 is 2.15 bits per heavy atom. The average molecular weight is 358 g/mol. The second kappa shape index (κ2) is 9.01. The molecule has 6 nitrogen and oxygen atoms in total.